The molecule has 0 atom stereocenters. The van der Waals surface area contributed by atoms with E-state index in [0.717, 1.165) is 11.1 Å². The van der Waals surface area contributed by atoms with Crippen molar-refractivity contribution in [2.24, 2.45) is 0 Å². The third kappa shape index (κ3) is 3.27. The molecular weight excluding hydrogens is 304 g/mol. The summed E-state index contributed by atoms with van der Waals surface area (Å²) in [6.07, 6.45) is 2.84. The lowest BCUT2D eigenvalue weighted by molar-refractivity contribution is 0.602. The molecule has 4 aromatic rings. The van der Waals surface area contributed by atoms with Crippen LogP contribution >= 0.6 is 0 Å². The first-order valence-corrected chi connectivity index (χ1v) is 7.51. The molecule has 0 aliphatic heterocycles. The maximum absolute atomic E-state index is 11.3. The number of benzene rings is 2. The molecule has 0 fully saturated rings. The van der Waals surface area contributed by atoms with Crippen LogP contribution in [0.4, 0.5) is 0 Å². The number of rotatable bonds is 0. The Kier molecular flexibility index (Phi) is 4.29. The second-order valence-corrected chi connectivity index (χ2v) is 5.57. The van der Waals surface area contributed by atoms with Crippen molar-refractivity contribution in [3.8, 4) is 0 Å². The highest BCUT2D eigenvalue weighted by atomic mass is 16.3. The Balaban J connectivity index is 0.000000141. The molecule has 120 valence electrons. The van der Waals surface area contributed by atoms with Crippen LogP contribution in [0.15, 0.2) is 79.5 Å². The van der Waals surface area contributed by atoms with Gasteiger partial charge in [0.25, 0.3) is 0 Å². The molecule has 0 saturated heterocycles. The van der Waals surface area contributed by atoms with Gasteiger partial charge in [0.15, 0.2) is 10.9 Å². The lowest BCUT2D eigenvalue weighted by Gasteiger charge is -1.95. The van der Waals surface area contributed by atoms with Crippen molar-refractivity contribution in [2.75, 3.05) is 0 Å². The molecule has 2 heterocycles. The van der Waals surface area contributed by atoms with Gasteiger partial charge in [-0.05, 0) is 43.7 Å². The Hall–Kier alpha value is -3.14. The summed E-state index contributed by atoms with van der Waals surface area (Å²) in [7, 11) is 0. The van der Waals surface area contributed by atoms with E-state index in [1.807, 2.05) is 44.2 Å². The molecule has 0 saturated carbocycles. The van der Waals surface area contributed by atoms with Crippen LogP contribution in [-0.2, 0) is 0 Å². The Labute approximate surface area is 138 Å². The quantitative estimate of drug-likeness (QED) is 0.487. The van der Waals surface area contributed by atoms with Crippen LogP contribution in [0.1, 0.15) is 11.1 Å². The van der Waals surface area contributed by atoms with Crippen molar-refractivity contribution >= 4 is 21.9 Å². The van der Waals surface area contributed by atoms with Gasteiger partial charge in [-0.25, -0.2) is 0 Å². The van der Waals surface area contributed by atoms with Crippen LogP contribution in [0.2, 0.25) is 0 Å². The third-order valence-electron chi connectivity index (χ3n) is 3.63. The van der Waals surface area contributed by atoms with Gasteiger partial charge in [-0.1, -0.05) is 17.7 Å². The predicted octanol–water partition coefficient (Wildman–Crippen LogP) is 4.20. The van der Waals surface area contributed by atoms with E-state index >= 15 is 0 Å². The fourth-order valence-corrected chi connectivity index (χ4v) is 2.39. The first kappa shape index (κ1) is 15.7. The standard InChI is InChI=1S/2C10H8O2/c1-7-2-3-10-8(6-7)9(11)4-5-12-10;1-7-2-3-8-9(11)4-5-12-10(8)6-7/h2*2-6H,1H3. The lowest BCUT2D eigenvalue weighted by Crippen LogP contribution is -1.97. The second kappa shape index (κ2) is 6.54. The van der Waals surface area contributed by atoms with Gasteiger partial charge in [0.05, 0.1) is 23.3 Å². The van der Waals surface area contributed by atoms with Crippen molar-refractivity contribution in [2.45, 2.75) is 13.8 Å². The zero-order valence-electron chi connectivity index (χ0n) is 13.4. The highest BCUT2D eigenvalue weighted by molar-refractivity contribution is 5.77. The van der Waals surface area contributed by atoms with Gasteiger partial charge >= 0.3 is 0 Å². The molecule has 0 aliphatic carbocycles. The summed E-state index contributed by atoms with van der Waals surface area (Å²) in [4.78, 5) is 22.5. The Morgan fingerprint density at radius 1 is 0.625 bits per heavy atom. The van der Waals surface area contributed by atoms with E-state index in [1.54, 1.807) is 6.07 Å². The van der Waals surface area contributed by atoms with Gasteiger partial charge in [-0.3, -0.25) is 9.59 Å². The molecule has 0 radical (unpaired) electrons. The smallest absolute Gasteiger partial charge is 0.192 e. The zero-order valence-corrected chi connectivity index (χ0v) is 13.4. The van der Waals surface area contributed by atoms with Gasteiger partial charge in [0, 0.05) is 12.1 Å². The minimum absolute atomic E-state index is 0.0104. The van der Waals surface area contributed by atoms with E-state index in [2.05, 4.69) is 0 Å². The van der Waals surface area contributed by atoms with Crippen LogP contribution in [0.25, 0.3) is 21.9 Å². The molecule has 4 heteroatoms. The number of fused-ring (bicyclic) bond motifs is 2. The van der Waals surface area contributed by atoms with Gasteiger partial charge in [0.1, 0.15) is 11.2 Å². The first-order chi connectivity index (χ1) is 11.5. The third-order valence-corrected chi connectivity index (χ3v) is 3.63. The summed E-state index contributed by atoms with van der Waals surface area (Å²) in [6, 6.07) is 14.0. The molecule has 0 spiro atoms. The second-order valence-electron chi connectivity index (χ2n) is 5.57. The molecular formula is C20H16O4. The van der Waals surface area contributed by atoms with Crippen molar-refractivity contribution < 1.29 is 8.83 Å². The average molecular weight is 320 g/mol. The van der Waals surface area contributed by atoms with Crippen molar-refractivity contribution in [3.05, 3.63) is 92.6 Å². The molecule has 2 aromatic heterocycles. The lowest BCUT2D eigenvalue weighted by atomic mass is 10.1. The summed E-state index contributed by atoms with van der Waals surface area (Å²) >= 11 is 0. The number of aryl methyl sites for hydroxylation is 2. The van der Waals surface area contributed by atoms with E-state index in [0.29, 0.717) is 21.9 Å². The Morgan fingerprint density at radius 3 is 1.96 bits per heavy atom. The van der Waals surface area contributed by atoms with Crippen LogP contribution in [0.5, 0.6) is 0 Å². The molecule has 4 rings (SSSR count). The summed E-state index contributed by atoms with van der Waals surface area (Å²) in [5.41, 5.74) is 3.49. The van der Waals surface area contributed by atoms with Gasteiger partial charge < -0.3 is 8.83 Å². The minimum atomic E-state index is 0.0104. The van der Waals surface area contributed by atoms with Crippen LogP contribution < -0.4 is 10.9 Å². The van der Waals surface area contributed by atoms with E-state index in [9.17, 15) is 9.59 Å². The monoisotopic (exact) mass is 320 g/mol. The molecule has 0 N–H and O–H groups in total. The fourth-order valence-electron chi connectivity index (χ4n) is 2.39. The molecule has 4 nitrogen and oxygen atoms in total. The summed E-state index contributed by atoms with van der Waals surface area (Å²) in [5.74, 6) is 0. The molecule has 2 aromatic carbocycles. The van der Waals surface area contributed by atoms with E-state index < -0.39 is 0 Å². The Morgan fingerprint density at radius 2 is 1.21 bits per heavy atom. The molecule has 0 bridgehead atoms. The fraction of sp³-hybridized carbons (Fsp3) is 0.100. The van der Waals surface area contributed by atoms with Crippen LogP contribution in [0.3, 0.4) is 0 Å². The SMILES string of the molecule is Cc1ccc2c(=O)ccoc2c1.Cc1ccc2occc(=O)c2c1. The maximum Gasteiger partial charge on any atom is 0.192 e. The first-order valence-electron chi connectivity index (χ1n) is 7.51. The molecule has 0 unspecified atom stereocenters. The highest BCUT2D eigenvalue weighted by Gasteiger charge is 1.98. The Bertz CT molecular complexity index is 1120. The van der Waals surface area contributed by atoms with Crippen molar-refractivity contribution in [1.29, 1.82) is 0 Å². The minimum Gasteiger partial charge on any atom is -0.464 e. The van der Waals surface area contributed by atoms with Crippen LogP contribution in [0, 0.1) is 13.8 Å². The van der Waals surface area contributed by atoms with E-state index in [1.165, 1.54) is 24.7 Å². The number of hydrogen-bond acceptors (Lipinski definition) is 4. The summed E-state index contributed by atoms with van der Waals surface area (Å²) in [5, 5.41) is 1.29. The van der Waals surface area contributed by atoms with Crippen molar-refractivity contribution in [3.63, 3.8) is 0 Å². The van der Waals surface area contributed by atoms with Gasteiger partial charge in [-0.15, -0.1) is 0 Å². The van der Waals surface area contributed by atoms with Gasteiger partial charge in [0.2, 0.25) is 0 Å². The maximum atomic E-state index is 11.3. The average Bonchev–Trinajstić information content (AvgIpc) is 2.56. The zero-order chi connectivity index (χ0) is 17.1. The summed E-state index contributed by atoms with van der Waals surface area (Å²) in [6.45, 7) is 3.91. The van der Waals surface area contributed by atoms with Crippen molar-refractivity contribution in [1.82, 2.24) is 0 Å². The highest BCUT2D eigenvalue weighted by Crippen LogP contribution is 2.11. The van der Waals surface area contributed by atoms with E-state index in [-0.39, 0.29) is 10.9 Å². The molecule has 24 heavy (non-hydrogen) atoms. The molecule has 0 aliphatic rings. The molecule has 0 amide bonds. The largest absolute Gasteiger partial charge is 0.464 e. The normalized spacial score (nSPS) is 10.4. The number of hydrogen-bond donors (Lipinski definition) is 0. The summed E-state index contributed by atoms with van der Waals surface area (Å²) < 4.78 is 10.3. The van der Waals surface area contributed by atoms with Gasteiger partial charge in [-0.2, -0.15) is 0 Å². The van der Waals surface area contributed by atoms with Crippen LogP contribution in [-0.4, -0.2) is 0 Å². The van der Waals surface area contributed by atoms with E-state index in [4.69, 9.17) is 8.83 Å². The topological polar surface area (TPSA) is 60.4 Å². The predicted molar refractivity (Wildman–Crippen MR) is 94.4 cm³/mol.